The molecule has 3 aromatic rings. The summed E-state index contributed by atoms with van der Waals surface area (Å²) in [6.45, 7) is 2.11. The fraction of sp³-hybridized carbons (Fsp3) is 0.0500. The molecule has 0 atom stereocenters. The molecule has 0 radical (unpaired) electrons. The van der Waals surface area contributed by atoms with Gasteiger partial charge in [0.2, 0.25) is 0 Å². The second-order valence-corrected chi connectivity index (χ2v) is 7.61. The Morgan fingerprint density at radius 1 is 0.870 bits per heavy atom. The Balaban J connectivity index is 1.68. The van der Waals surface area contributed by atoms with Crippen LogP contribution >= 0.6 is 34.4 Å². The van der Waals surface area contributed by atoms with Crippen molar-refractivity contribution in [3.05, 3.63) is 87.5 Å². The van der Waals surface area contributed by atoms with Crippen LogP contribution in [-0.2, 0) is 0 Å². The number of nitrogens with zero attached hydrogens (tertiary/aromatic N) is 1. The van der Waals surface area contributed by atoms with Crippen LogP contribution in [0.25, 0.3) is 0 Å². The molecule has 0 unspecified atom stereocenters. The number of aryl methyl sites for hydroxylation is 1. The lowest BCUT2D eigenvalue weighted by atomic mass is 10.2. The average Bonchev–Trinajstić information content (AvgIpc) is 2.56. The normalized spacial score (nSPS) is 11.0. The standard InChI is InChI=1S/C20H16INS/c1-15-5-9-19(10-6-15)23-20-11-7-16(8-12-20)14-22-18-4-2-3-17(21)13-18/h2-14H,1H3. The maximum atomic E-state index is 4.52. The molecule has 0 spiro atoms. The molecule has 0 aliphatic carbocycles. The van der Waals surface area contributed by atoms with E-state index < -0.39 is 0 Å². The molecular formula is C20H16INS. The van der Waals surface area contributed by atoms with E-state index in [9.17, 15) is 0 Å². The molecule has 0 saturated carbocycles. The highest BCUT2D eigenvalue weighted by Gasteiger charge is 1.97. The van der Waals surface area contributed by atoms with Gasteiger partial charge in [0.05, 0.1) is 5.69 Å². The van der Waals surface area contributed by atoms with Crippen LogP contribution in [0.4, 0.5) is 5.69 Å². The third-order valence-electron chi connectivity index (χ3n) is 3.31. The summed E-state index contributed by atoms with van der Waals surface area (Å²) < 4.78 is 1.20. The number of rotatable bonds is 4. The lowest BCUT2D eigenvalue weighted by Gasteiger charge is -2.03. The van der Waals surface area contributed by atoms with Crippen molar-refractivity contribution in [2.24, 2.45) is 4.99 Å². The van der Waals surface area contributed by atoms with Crippen molar-refractivity contribution in [1.82, 2.24) is 0 Å². The first-order valence-corrected chi connectivity index (χ1v) is 9.23. The largest absolute Gasteiger partial charge is 0.256 e. The average molecular weight is 429 g/mol. The Hall–Kier alpha value is -1.59. The fourth-order valence-electron chi connectivity index (χ4n) is 2.07. The summed E-state index contributed by atoms with van der Waals surface area (Å²) in [7, 11) is 0. The van der Waals surface area contributed by atoms with Crippen LogP contribution in [0.15, 0.2) is 87.6 Å². The molecule has 3 aromatic carbocycles. The summed E-state index contributed by atoms with van der Waals surface area (Å²) in [6.07, 6.45) is 1.91. The molecule has 0 heterocycles. The Morgan fingerprint density at radius 3 is 2.17 bits per heavy atom. The first-order valence-electron chi connectivity index (χ1n) is 7.33. The van der Waals surface area contributed by atoms with Gasteiger partial charge in [-0.05, 0) is 77.5 Å². The van der Waals surface area contributed by atoms with Crippen molar-refractivity contribution in [2.75, 3.05) is 0 Å². The zero-order valence-electron chi connectivity index (χ0n) is 12.7. The van der Waals surface area contributed by atoms with Gasteiger partial charge < -0.3 is 0 Å². The van der Waals surface area contributed by atoms with Crippen molar-refractivity contribution in [1.29, 1.82) is 0 Å². The first kappa shape index (κ1) is 16.3. The first-order chi connectivity index (χ1) is 11.2. The topological polar surface area (TPSA) is 12.4 Å². The van der Waals surface area contributed by atoms with Crippen LogP contribution < -0.4 is 0 Å². The number of halogens is 1. The predicted octanol–water partition coefficient (Wildman–Crippen LogP) is 6.50. The molecule has 3 rings (SSSR count). The highest BCUT2D eigenvalue weighted by Crippen LogP contribution is 2.27. The number of benzene rings is 3. The summed E-state index contributed by atoms with van der Waals surface area (Å²) >= 11 is 4.08. The Morgan fingerprint density at radius 2 is 1.52 bits per heavy atom. The van der Waals surface area contributed by atoms with Crippen LogP contribution in [0.2, 0.25) is 0 Å². The molecule has 0 saturated heterocycles. The summed E-state index contributed by atoms with van der Waals surface area (Å²) in [4.78, 5) is 7.02. The molecule has 3 heteroatoms. The zero-order valence-corrected chi connectivity index (χ0v) is 15.7. The maximum Gasteiger partial charge on any atom is 0.0640 e. The van der Waals surface area contributed by atoms with Crippen molar-refractivity contribution in [3.8, 4) is 0 Å². The predicted molar refractivity (Wildman–Crippen MR) is 108 cm³/mol. The van der Waals surface area contributed by atoms with E-state index >= 15 is 0 Å². The van der Waals surface area contributed by atoms with Crippen molar-refractivity contribution in [3.63, 3.8) is 0 Å². The molecule has 0 N–H and O–H groups in total. The Labute approximate surface area is 155 Å². The summed E-state index contributed by atoms with van der Waals surface area (Å²) in [5, 5.41) is 0. The molecule has 114 valence electrons. The lowest BCUT2D eigenvalue weighted by molar-refractivity contribution is 1.36. The van der Waals surface area contributed by atoms with Crippen LogP contribution in [-0.4, -0.2) is 6.21 Å². The smallest absolute Gasteiger partial charge is 0.0640 e. The molecule has 0 fully saturated rings. The van der Waals surface area contributed by atoms with Gasteiger partial charge in [0.25, 0.3) is 0 Å². The molecule has 0 aliphatic rings. The van der Waals surface area contributed by atoms with E-state index in [1.807, 2.05) is 18.3 Å². The van der Waals surface area contributed by atoms with Gasteiger partial charge >= 0.3 is 0 Å². The second-order valence-electron chi connectivity index (χ2n) is 5.22. The fourth-order valence-corrected chi connectivity index (χ4v) is 3.41. The van der Waals surface area contributed by atoms with E-state index in [0.717, 1.165) is 11.3 Å². The van der Waals surface area contributed by atoms with Crippen molar-refractivity contribution in [2.45, 2.75) is 16.7 Å². The van der Waals surface area contributed by atoms with E-state index in [1.54, 1.807) is 11.8 Å². The summed E-state index contributed by atoms with van der Waals surface area (Å²) in [6, 6.07) is 25.3. The molecular weight excluding hydrogens is 413 g/mol. The molecule has 0 aliphatic heterocycles. The van der Waals surface area contributed by atoms with Crippen LogP contribution in [0.1, 0.15) is 11.1 Å². The van der Waals surface area contributed by atoms with Crippen LogP contribution in [0.3, 0.4) is 0 Å². The molecule has 23 heavy (non-hydrogen) atoms. The molecule has 0 aromatic heterocycles. The minimum atomic E-state index is 0.981. The Kier molecular flexibility index (Phi) is 5.51. The van der Waals surface area contributed by atoms with Gasteiger partial charge in [0.15, 0.2) is 0 Å². The highest BCUT2D eigenvalue weighted by atomic mass is 127. The molecule has 0 bridgehead atoms. The summed E-state index contributed by atoms with van der Waals surface area (Å²) in [5.41, 5.74) is 3.38. The second kappa shape index (κ2) is 7.79. The number of hydrogen-bond donors (Lipinski definition) is 0. The SMILES string of the molecule is Cc1ccc(Sc2ccc(C=Nc3cccc(I)c3)cc2)cc1. The number of hydrogen-bond acceptors (Lipinski definition) is 2. The minimum Gasteiger partial charge on any atom is -0.256 e. The van der Waals surface area contributed by atoms with Gasteiger partial charge in [-0.1, -0.05) is 47.7 Å². The third-order valence-corrected chi connectivity index (χ3v) is 4.99. The summed E-state index contributed by atoms with van der Waals surface area (Å²) in [5.74, 6) is 0. The van der Waals surface area contributed by atoms with Gasteiger partial charge in [-0.2, -0.15) is 0 Å². The monoisotopic (exact) mass is 429 g/mol. The van der Waals surface area contributed by atoms with E-state index in [2.05, 4.69) is 95.2 Å². The third kappa shape index (κ3) is 4.94. The van der Waals surface area contributed by atoms with Gasteiger partial charge in [-0.3, -0.25) is 4.99 Å². The van der Waals surface area contributed by atoms with Gasteiger partial charge in [-0.25, -0.2) is 0 Å². The van der Waals surface area contributed by atoms with Crippen molar-refractivity contribution >= 4 is 46.3 Å². The lowest BCUT2D eigenvalue weighted by Crippen LogP contribution is -1.81. The Bertz CT molecular complexity index is 808. The minimum absolute atomic E-state index is 0.981. The van der Waals surface area contributed by atoms with E-state index in [0.29, 0.717) is 0 Å². The molecule has 1 nitrogen and oxygen atoms in total. The van der Waals surface area contributed by atoms with Crippen molar-refractivity contribution < 1.29 is 0 Å². The van der Waals surface area contributed by atoms with Crippen LogP contribution in [0.5, 0.6) is 0 Å². The van der Waals surface area contributed by atoms with Gasteiger partial charge in [-0.15, -0.1) is 0 Å². The van der Waals surface area contributed by atoms with E-state index in [1.165, 1.54) is 18.9 Å². The quantitative estimate of drug-likeness (QED) is 0.341. The zero-order chi connectivity index (χ0) is 16.1. The van der Waals surface area contributed by atoms with Gasteiger partial charge in [0, 0.05) is 19.6 Å². The molecule has 0 amide bonds. The maximum absolute atomic E-state index is 4.52. The van der Waals surface area contributed by atoms with Crippen LogP contribution in [0, 0.1) is 10.5 Å². The van der Waals surface area contributed by atoms with Gasteiger partial charge in [0.1, 0.15) is 0 Å². The highest BCUT2D eigenvalue weighted by molar-refractivity contribution is 14.1. The van der Waals surface area contributed by atoms with E-state index in [4.69, 9.17) is 0 Å². The van der Waals surface area contributed by atoms with E-state index in [-0.39, 0.29) is 0 Å². The number of aliphatic imine (C=N–C) groups is 1.